The molecule has 0 saturated carbocycles. The average Bonchev–Trinajstić information content (AvgIpc) is 2.51. The molecule has 122 valence electrons. The van der Waals surface area contributed by atoms with E-state index in [1.165, 1.54) is 5.56 Å². The first-order valence-electron chi connectivity index (χ1n) is 7.37. The second-order valence-corrected chi connectivity index (χ2v) is 4.67. The number of carboxylic acid groups (broad SMARTS) is 1. The van der Waals surface area contributed by atoms with E-state index in [1.54, 1.807) is 0 Å². The van der Waals surface area contributed by atoms with Gasteiger partial charge in [-0.3, -0.25) is 4.79 Å². The van der Waals surface area contributed by atoms with Crippen molar-refractivity contribution >= 4 is 5.97 Å². The monoisotopic (exact) mass is 361 g/mol. The van der Waals surface area contributed by atoms with Gasteiger partial charge in [0.2, 0.25) is 0 Å². The molecule has 0 heterocycles. The van der Waals surface area contributed by atoms with Crippen molar-refractivity contribution in [1.29, 1.82) is 0 Å². The largest absolute Gasteiger partial charge is 0.480 e. The van der Waals surface area contributed by atoms with Gasteiger partial charge in [0, 0.05) is 32.7 Å². The number of benzene rings is 1. The van der Waals surface area contributed by atoms with Crippen LogP contribution in [0.2, 0.25) is 0 Å². The van der Waals surface area contributed by atoms with Gasteiger partial charge >= 0.3 is 5.97 Å². The van der Waals surface area contributed by atoms with Gasteiger partial charge in [0.15, 0.2) is 0 Å². The van der Waals surface area contributed by atoms with Crippen LogP contribution in [0, 0.1) is 0 Å². The molecule has 0 radical (unpaired) electrons. The molecule has 0 amide bonds. The van der Waals surface area contributed by atoms with Crippen LogP contribution in [-0.4, -0.2) is 47.1 Å². The molecule has 22 heavy (non-hydrogen) atoms. The third-order valence-corrected chi connectivity index (χ3v) is 2.82. The Labute approximate surface area is 145 Å². The van der Waals surface area contributed by atoms with Crippen LogP contribution < -0.4 is 5.32 Å². The van der Waals surface area contributed by atoms with E-state index in [-0.39, 0.29) is 39.1 Å². The molecule has 1 aromatic rings. The van der Waals surface area contributed by atoms with Crippen molar-refractivity contribution in [1.82, 2.24) is 5.32 Å². The summed E-state index contributed by atoms with van der Waals surface area (Å²) in [5, 5.41) is 28.4. The van der Waals surface area contributed by atoms with Crippen molar-refractivity contribution in [2.24, 2.45) is 0 Å². The molecule has 0 bridgehead atoms. The van der Waals surface area contributed by atoms with Crippen LogP contribution in [0.15, 0.2) is 30.3 Å². The Bertz CT molecular complexity index is 362. The van der Waals surface area contributed by atoms with Crippen LogP contribution in [0.1, 0.15) is 31.7 Å². The summed E-state index contributed by atoms with van der Waals surface area (Å²) >= 11 is 0. The summed E-state index contributed by atoms with van der Waals surface area (Å²) in [6, 6.07) is 9.60. The molecule has 1 unspecified atom stereocenters. The molecule has 0 aliphatic rings. The van der Waals surface area contributed by atoms with E-state index in [1.807, 2.05) is 25.1 Å². The number of aliphatic carboxylic acids is 1. The van der Waals surface area contributed by atoms with Crippen molar-refractivity contribution in [3.05, 3.63) is 35.9 Å². The molecule has 1 atom stereocenters. The minimum Gasteiger partial charge on any atom is -0.480 e. The number of nitrogens with one attached hydrogen (secondary N) is 1. The van der Waals surface area contributed by atoms with Gasteiger partial charge in [-0.1, -0.05) is 37.3 Å². The quantitative estimate of drug-likeness (QED) is 0.499. The van der Waals surface area contributed by atoms with E-state index in [4.69, 9.17) is 15.3 Å². The van der Waals surface area contributed by atoms with Gasteiger partial charge in [-0.25, -0.2) is 0 Å². The normalized spacial score (nSPS) is 10.9. The molecule has 4 N–H and O–H groups in total. The predicted octanol–water partition coefficient (Wildman–Crippen LogP) is 1.43. The second-order valence-electron chi connectivity index (χ2n) is 4.67. The molecular formula is C16H27NO4Zn. The first-order valence-corrected chi connectivity index (χ1v) is 7.37. The molecule has 6 heteroatoms. The zero-order chi connectivity index (χ0) is 15.9. The zero-order valence-electron chi connectivity index (χ0n) is 13.4. The predicted molar refractivity (Wildman–Crippen MR) is 83.3 cm³/mol. The molecule has 0 fully saturated rings. The van der Waals surface area contributed by atoms with Gasteiger partial charge in [0.1, 0.15) is 6.04 Å². The Morgan fingerprint density at radius 3 is 2.27 bits per heavy atom. The van der Waals surface area contributed by atoms with Crippen LogP contribution in [0.5, 0.6) is 0 Å². The summed E-state index contributed by atoms with van der Waals surface area (Å²) < 4.78 is 0. The summed E-state index contributed by atoms with van der Waals surface area (Å²) in [5.74, 6) is -0.896. The van der Waals surface area contributed by atoms with Crippen molar-refractivity contribution in [3.8, 4) is 0 Å². The van der Waals surface area contributed by atoms with E-state index < -0.39 is 12.0 Å². The Morgan fingerprint density at radius 1 is 1.18 bits per heavy atom. The first kappa shape index (κ1) is 23.5. The van der Waals surface area contributed by atoms with Gasteiger partial charge in [-0.05, 0) is 37.8 Å². The molecule has 1 aromatic carbocycles. The van der Waals surface area contributed by atoms with Crippen LogP contribution in [0.3, 0.4) is 0 Å². The summed E-state index contributed by atoms with van der Waals surface area (Å²) in [7, 11) is 0. The van der Waals surface area contributed by atoms with Gasteiger partial charge in [0.05, 0.1) is 0 Å². The number of carbonyl (C=O) groups is 1. The Morgan fingerprint density at radius 2 is 1.82 bits per heavy atom. The minimum atomic E-state index is -0.896. The number of hydrogen-bond donors (Lipinski definition) is 4. The van der Waals surface area contributed by atoms with Crippen LogP contribution in [0.4, 0.5) is 0 Å². The van der Waals surface area contributed by atoms with Crippen molar-refractivity contribution in [2.75, 3.05) is 19.8 Å². The smallest absolute Gasteiger partial charge is 0.320 e. The SMILES string of the molecule is CCCNC(CCO)C(=O)O.OCCCc1ccccc1.[Zn]. The standard InChI is InChI=1S/C9H12O.C7H15NO3.Zn/c10-8-4-7-9-5-2-1-3-6-9;1-2-4-8-6(3-5-9)7(10)11;/h1-3,5-6,10H,4,7-8H2;6,8-9H,2-5H2,1H3,(H,10,11);. The number of carboxylic acids is 1. The Balaban J connectivity index is 0. The molecule has 1 rings (SSSR count). The maximum Gasteiger partial charge on any atom is 0.320 e. The average molecular weight is 363 g/mol. The van der Waals surface area contributed by atoms with Gasteiger partial charge in [0.25, 0.3) is 0 Å². The number of rotatable bonds is 9. The minimum absolute atomic E-state index is 0. The number of hydrogen-bond acceptors (Lipinski definition) is 4. The van der Waals surface area contributed by atoms with E-state index >= 15 is 0 Å². The molecule has 0 aliphatic carbocycles. The van der Waals surface area contributed by atoms with Gasteiger partial charge in [-0.2, -0.15) is 0 Å². The van der Waals surface area contributed by atoms with E-state index in [2.05, 4.69) is 17.4 Å². The van der Waals surface area contributed by atoms with Gasteiger partial charge in [-0.15, -0.1) is 0 Å². The van der Waals surface area contributed by atoms with Crippen LogP contribution in [0.25, 0.3) is 0 Å². The molecule has 0 spiro atoms. The molecule has 0 saturated heterocycles. The van der Waals surface area contributed by atoms with Crippen LogP contribution in [-0.2, 0) is 30.7 Å². The maximum atomic E-state index is 10.4. The molecular weight excluding hydrogens is 336 g/mol. The van der Waals surface area contributed by atoms with Crippen molar-refractivity contribution in [2.45, 2.75) is 38.6 Å². The van der Waals surface area contributed by atoms with E-state index in [9.17, 15) is 4.79 Å². The third kappa shape index (κ3) is 12.9. The van der Waals surface area contributed by atoms with Crippen molar-refractivity contribution in [3.63, 3.8) is 0 Å². The third-order valence-electron chi connectivity index (χ3n) is 2.82. The molecule has 5 nitrogen and oxygen atoms in total. The number of aryl methyl sites for hydroxylation is 1. The fourth-order valence-electron chi connectivity index (χ4n) is 1.69. The van der Waals surface area contributed by atoms with E-state index in [0.717, 1.165) is 19.3 Å². The number of aliphatic hydroxyl groups excluding tert-OH is 2. The summed E-state index contributed by atoms with van der Waals surface area (Å²) in [6.07, 6.45) is 3.02. The van der Waals surface area contributed by atoms with E-state index in [0.29, 0.717) is 6.54 Å². The zero-order valence-corrected chi connectivity index (χ0v) is 16.3. The summed E-state index contributed by atoms with van der Waals surface area (Å²) in [4.78, 5) is 10.4. The number of aliphatic hydroxyl groups is 2. The molecule has 0 aliphatic heterocycles. The van der Waals surface area contributed by atoms with Gasteiger partial charge < -0.3 is 20.6 Å². The second kappa shape index (κ2) is 16.6. The first-order chi connectivity index (χ1) is 10.2. The molecule has 0 aromatic heterocycles. The topological polar surface area (TPSA) is 89.8 Å². The summed E-state index contributed by atoms with van der Waals surface area (Å²) in [6.45, 7) is 2.84. The van der Waals surface area contributed by atoms with Crippen molar-refractivity contribution < 1.29 is 39.6 Å². The summed E-state index contributed by atoms with van der Waals surface area (Å²) in [5.41, 5.74) is 1.30. The Hall–Kier alpha value is -0.807. The fourth-order valence-corrected chi connectivity index (χ4v) is 1.69. The van der Waals surface area contributed by atoms with Crippen LogP contribution >= 0.6 is 0 Å². The Kier molecular flexibility index (Phi) is 17.7. The maximum absolute atomic E-state index is 10.4. The fraction of sp³-hybridized carbons (Fsp3) is 0.562.